The van der Waals surface area contributed by atoms with Crippen molar-refractivity contribution >= 4 is 15.9 Å². The molecule has 0 aliphatic carbocycles. The van der Waals surface area contributed by atoms with Crippen LogP contribution in [0.1, 0.15) is 32.3 Å². The summed E-state index contributed by atoms with van der Waals surface area (Å²) in [5, 5.41) is 10.8. The first-order chi connectivity index (χ1) is 8.84. The molecule has 1 unspecified atom stereocenters. The van der Waals surface area contributed by atoms with E-state index in [-0.39, 0.29) is 5.60 Å². The van der Waals surface area contributed by atoms with Gasteiger partial charge in [0.2, 0.25) is 0 Å². The molecule has 0 aromatic heterocycles. The zero-order valence-electron chi connectivity index (χ0n) is 11.7. The van der Waals surface area contributed by atoms with E-state index in [4.69, 9.17) is 9.47 Å². The predicted molar refractivity (Wildman–Crippen MR) is 78.6 cm³/mol. The third-order valence-corrected chi connectivity index (χ3v) is 4.07. The van der Waals surface area contributed by atoms with Crippen LogP contribution >= 0.6 is 15.9 Å². The number of hydrogen-bond acceptors (Lipinski definition) is 3. The van der Waals surface area contributed by atoms with E-state index in [0.29, 0.717) is 25.9 Å². The lowest BCUT2D eigenvalue weighted by Gasteiger charge is -2.41. The molecule has 0 spiro atoms. The van der Waals surface area contributed by atoms with Crippen LogP contribution in [0.25, 0.3) is 0 Å². The van der Waals surface area contributed by atoms with E-state index in [1.165, 1.54) is 0 Å². The highest BCUT2D eigenvalue weighted by molar-refractivity contribution is 9.10. The second kappa shape index (κ2) is 5.43. The standard InChI is InChI=1S/C15H21BrO3/c1-14(2)10-15(17,6-7-19-14)9-11-8-12(16)4-5-13(11)18-3/h4-5,8,17H,6-7,9-10H2,1-3H3. The monoisotopic (exact) mass is 328 g/mol. The molecule has 19 heavy (non-hydrogen) atoms. The van der Waals surface area contributed by atoms with Crippen LogP contribution in [0, 0.1) is 0 Å². The van der Waals surface area contributed by atoms with Crippen LogP contribution in [0.5, 0.6) is 5.75 Å². The lowest BCUT2D eigenvalue weighted by atomic mass is 9.80. The predicted octanol–water partition coefficient (Wildman–Crippen LogP) is 3.32. The fourth-order valence-electron chi connectivity index (χ4n) is 2.84. The van der Waals surface area contributed by atoms with Gasteiger partial charge in [0.25, 0.3) is 0 Å². The van der Waals surface area contributed by atoms with Crippen molar-refractivity contribution in [3.05, 3.63) is 28.2 Å². The molecule has 106 valence electrons. The summed E-state index contributed by atoms with van der Waals surface area (Å²) in [6.45, 7) is 4.64. The maximum Gasteiger partial charge on any atom is 0.122 e. The smallest absolute Gasteiger partial charge is 0.122 e. The van der Waals surface area contributed by atoms with E-state index in [0.717, 1.165) is 15.8 Å². The number of halogens is 1. The summed E-state index contributed by atoms with van der Waals surface area (Å²) in [5.74, 6) is 0.820. The molecule has 3 nitrogen and oxygen atoms in total. The van der Waals surface area contributed by atoms with Gasteiger partial charge < -0.3 is 14.6 Å². The topological polar surface area (TPSA) is 38.7 Å². The SMILES string of the molecule is COc1ccc(Br)cc1CC1(O)CCOC(C)(C)C1. The second-order valence-corrected chi connectivity index (χ2v) is 6.81. The number of benzene rings is 1. The Bertz CT molecular complexity index is 459. The molecule has 0 saturated carbocycles. The number of rotatable bonds is 3. The van der Waals surface area contributed by atoms with Gasteiger partial charge >= 0.3 is 0 Å². The lowest BCUT2D eigenvalue weighted by molar-refractivity contribution is -0.143. The summed E-state index contributed by atoms with van der Waals surface area (Å²) in [5.41, 5.74) is 0.0271. The summed E-state index contributed by atoms with van der Waals surface area (Å²) in [7, 11) is 1.66. The zero-order valence-corrected chi connectivity index (χ0v) is 13.3. The van der Waals surface area contributed by atoms with Gasteiger partial charge in [-0.15, -0.1) is 0 Å². The van der Waals surface area contributed by atoms with Crippen molar-refractivity contribution < 1.29 is 14.6 Å². The first-order valence-electron chi connectivity index (χ1n) is 6.52. The highest BCUT2D eigenvalue weighted by Gasteiger charge is 2.39. The van der Waals surface area contributed by atoms with Gasteiger partial charge in [0.05, 0.1) is 24.9 Å². The fourth-order valence-corrected chi connectivity index (χ4v) is 3.25. The first-order valence-corrected chi connectivity index (χ1v) is 7.32. The van der Waals surface area contributed by atoms with E-state index in [9.17, 15) is 5.11 Å². The average Bonchev–Trinajstić information content (AvgIpc) is 2.26. The summed E-state index contributed by atoms with van der Waals surface area (Å²) in [6.07, 6.45) is 1.88. The van der Waals surface area contributed by atoms with Crippen LogP contribution in [0.4, 0.5) is 0 Å². The Morgan fingerprint density at radius 1 is 1.42 bits per heavy atom. The third kappa shape index (κ3) is 3.71. The van der Waals surface area contributed by atoms with Crippen LogP contribution in [0.15, 0.2) is 22.7 Å². The summed E-state index contributed by atoms with van der Waals surface area (Å²) >= 11 is 3.47. The maximum absolute atomic E-state index is 10.8. The molecular formula is C15H21BrO3. The molecule has 4 heteroatoms. The maximum atomic E-state index is 10.8. The van der Waals surface area contributed by atoms with Gasteiger partial charge in [0.1, 0.15) is 5.75 Å². The molecule has 1 aliphatic rings. The van der Waals surface area contributed by atoms with Crippen molar-refractivity contribution in [1.82, 2.24) is 0 Å². The van der Waals surface area contributed by atoms with E-state index in [2.05, 4.69) is 15.9 Å². The second-order valence-electron chi connectivity index (χ2n) is 5.89. The van der Waals surface area contributed by atoms with Crippen LogP contribution in [-0.2, 0) is 11.2 Å². The van der Waals surface area contributed by atoms with Crippen molar-refractivity contribution in [2.75, 3.05) is 13.7 Å². The highest BCUT2D eigenvalue weighted by atomic mass is 79.9. The number of aliphatic hydroxyl groups is 1. The minimum absolute atomic E-state index is 0.272. The van der Waals surface area contributed by atoms with Crippen molar-refractivity contribution in [3.63, 3.8) is 0 Å². The van der Waals surface area contributed by atoms with E-state index >= 15 is 0 Å². The third-order valence-electron chi connectivity index (χ3n) is 3.58. The highest BCUT2D eigenvalue weighted by Crippen LogP contribution is 2.36. The molecule has 1 heterocycles. The molecule has 2 rings (SSSR count). The average molecular weight is 329 g/mol. The summed E-state index contributed by atoms with van der Waals surface area (Å²) in [4.78, 5) is 0. The minimum Gasteiger partial charge on any atom is -0.496 e. The molecule has 1 aliphatic heterocycles. The van der Waals surface area contributed by atoms with Crippen LogP contribution < -0.4 is 4.74 Å². The van der Waals surface area contributed by atoms with Gasteiger partial charge in [0.15, 0.2) is 0 Å². The Hall–Kier alpha value is -0.580. The quantitative estimate of drug-likeness (QED) is 0.925. The van der Waals surface area contributed by atoms with Crippen LogP contribution in [0.3, 0.4) is 0 Å². The Labute approximate surface area is 123 Å². The lowest BCUT2D eigenvalue weighted by Crippen LogP contribution is -2.47. The molecule has 0 amide bonds. The largest absolute Gasteiger partial charge is 0.496 e. The molecule has 1 aromatic rings. The van der Waals surface area contributed by atoms with Gasteiger partial charge in [-0.05, 0) is 44.0 Å². The van der Waals surface area contributed by atoms with Gasteiger partial charge in [-0.25, -0.2) is 0 Å². The van der Waals surface area contributed by atoms with E-state index < -0.39 is 5.60 Å². The first kappa shape index (κ1) is 14.8. The Morgan fingerprint density at radius 2 is 2.16 bits per heavy atom. The van der Waals surface area contributed by atoms with Crippen molar-refractivity contribution in [2.24, 2.45) is 0 Å². The normalized spacial score (nSPS) is 26.2. The van der Waals surface area contributed by atoms with Gasteiger partial charge in [-0.3, -0.25) is 0 Å². The van der Waals surface area contributed by atoms with Gasteiger partial charge in [-0.1, -0.05) is 15.9 Å². The summed E-state index contributed by atoms with van der Waals surface area (Å²) in [6, 6.07) is 5.88. The van der Waals surface area contributed by atoms with E-state index in [1.54, 1.807) is 7.11 Å². The Morgan fingerprint density at radius 3 is 2.79 bits per heavy atom. The molecule has 0 radical (unpaired) electrons. The van der Waals surface area contributed by atoms with Crippen molar-refractivity contribution in [3.8, 4) is 5.75 Å². The zero-order chi connectivity index (χ0) is 14.1. The van der Waals surface area contributed by atoms with Gasteiger partial charge in [0, 0.05) is 17.3 Å². The van der Waals surface area contributed by atoms with Crippen molar-refractivity contribution in [2.45, 2.75) is 44.3 Å². The van der Waals surface area contributed by atoms with Crippen LogP contribution in [0.2, 0.25) is 0 Å². The molecule has 1 N–H and O–H groups in total. The molecule has 1 saturated heterocycles. The fraction of sp³-hybridized carbons (Fsp3) is 0.600. The van der Waals surface area contributed by atoms with Crippen LogP contribution in [-0.4, -0.2) is 30.0 Å². The van der Waals surface area contributed by atoms with Gasteiger partial charge in [-0.2, -0.15) is 0 Å². The molecule has 1 aromatic carbocycles. The molecular weight excluding hydrogens is 308 g/mol. The molecule has 1 fully saturated rings. The molecule has 1 atom stereocenters. The Balaban J connectivity index is 2.22. The Kier molecular flexibility index (Phi) is 4.23. The number of ether oxygens (including phenoxy) is 2. The minimum atomic E-state index is -0.726. The molecule has 0 bridgehead atoms. The van der Waals surface area contributed by atoms with Crippen molar-refractivity contribution in [1.29, 1.82) is 0 Å². The number of methoxy groups -OCH3 is 1. The summed E-state index contributed by atoms with van der Waals surface area (Å²) < 4.78 is 12.1. The number of hydrogen-bond donors (Lipinski definition) is 1. The van der Waals surface area contributed by atoms with E-state index in [1.807, 2.05) is 32.0 Å².